The minimum atomic E-state index is -3.57. The lowest BCUT2D eigenvalue weighted by Crippen LogP contribution is -2.11. The van der Waals surface area contributed by atoms with Crippen molar-refractivity contribution < 1.29 is 18.3 Å². The molecule has 0 amide bonds. The van der Waals surface area contributed by atoms with Crippen LogP contribution in [0.2, 0.25) is 0 Å². The third-order valence-corrected chi connectivity index (χ3v) is 6.89. The molecule has 3 heterocycles. The number of aromatic amines is 1. The third-order valence-electron chi connectivity index (χ3n) is 3.32. The zero-order valence-corrected chi connectivity index (χ0v) is 16.5. The Balaban J connectivity index is 0.000000481. The van der Waals surface area contributed by atoms with E-state index in [0.717, 1.165) is 28.5 Å². The lowest BCUT2D eigenvalue weighted by atomic mass is 10.2. The first-order chi connectivity index (χ1) is 12.9. The highest BCUT2D eigenvalue weighted by Gasteiger charge is 2.17. The first kappa shape index (κ1) is 19.1. The number of para-hydroxylation sites is 1. The number of thiazole rings is 1. The fraction of sp³-hybridized carbons (Fsp3) is 0.0588. The average molecular weight is 422 g/mol. The van der Waals surface area contributed by atoms with Crippen molar-refractivity contribution in [1.29, 1.82) is 0 Å². The summed E-state index contributed by atoms with van der Waals surface area (Å²) in [6.07, 6.45) is 1.74. The normalized spacial score (nSPS) is 11.0. The molecular formula is C17H15N3O4S3. The predicted octanol–water partition coefficient (Wildman–Crippen LogP) is 4.24. The van der Waals surface area contributed by atoms with Crippen molar-refractivity contribution in [1.82, 2.24) is 9.97 Å². The molecule has 0 atom stereocenters. The van der Waals surface area contributed by atoms with Crippen LogP contribution in [0.1, 0.15) is 6.92 Å². The predicted molar refractivity (Wildman–Crippen MR) is 108 cm³/mol. The van der Waals surface area contributed by atoms with Crippen molar-refractivity contribution in [2.75, 3.05) is 4.72 Å². The number of sulfonamides is 1. The van der Waals surface area contributed by atoms with Crippen molar-refractivity contribution in [3.8, 4) is 10.7 Å². The van der Waals surface area contributed by atoms with Crippen LogP contribution in [0.25, 0.3) is 21.6 Å². The van der Waals surface area contributed by atoms with Gasteiger partial charge in [0.05, 0.1) is 16.9 Å². The number of carboxylic acid groups (broad SMARTS) is 1. The number of nitrogens with zero attached hydrogens (tertiary/aromatic N) is 1. The summed E-state index contributed by atoms with van der Waals surface area (Å²) in [4.78, 5) is 16.5. The lowest BCUT2D eigenvalue weighted by molar-refractivity contribution is -0.134. The van der Waals surface area contributed by atoms with Crippen molar-refractivity contribution in [3.63, 3.8) is 0 Å². The number of aromatic nitrogens is 2. The molecule has 0 bridgehead atoms. The second-order valence-electron chi connectivity index (χ2n) is 5.35. The highest BCUT2D eigenvalue weighted by Crippen LogP contribution is 2.31. The molecule has 0 aliphatic carbocycles. The van der Waals surface area contributed by atoms with E-state index in [0.29, 0.717) is 9.90 Å². The maximum atomic E-state index is 12.4. The Hall–Kier alpha value is -2.69. The number of aliphatic carboxylic acids is 1. The molecule has 0 saturated heterocycles. The number of thiophene rings is 1. The van der Waals surface area contributed by atoms with Gasteiger partial charge < -0.3 is 10.1 Å². The summed E-state index contributed by atoms with van der Waals surface area (Å²) in [5, 5.41) is 12.9. The molecule has 3 aromatic heterocycles. The van der Waals surface area contributed by atoms with Gasteiger partial charge in [0, 0.05) is 23.9 Å². The van der Waals surface area contributed by atoms with E-state index in [9.17, 15) is 8.42 Å². The fourth-order valence-corrected chi connectivity index (χ4v) is 5.00. The molecule has 0 aliphatic rings. The summed E-state index contributed by atoms with van der Waals surface area (Å²) < 4.78 is 27.8. The van der Waals surface area contributed by atoms with Gasteiger partial charge in [0.1, 0.15) is 9.22 Å². The van der Waals surface area contributed by atoms with E-state index in [1.54, 1.807) is 29.8 Å². The monoisotopic (exact) mass is 421 g/mol. The first-order valence-corrected chi connectivity index (χ1v) is 10.9. The van der Waals surface area contributed by atoms with Crippen LogP contribution in [0.15, 0.2) is 57.6 Å². The summed E-state index contributed by atoms with van der Waals surface area (Å²) in [6.45, 7) is 1.08. The van der Waals surface area contributed by atoms with Crippen molar-refractivity contribution in [3.05, 3.63) is 53.4 Å². The number of hydrogen-bond acceptors (Lipinski definition) is 6. The number of carboxylic acids is 1. The largest absolute Gasteiger partial charge is 0.481 e. The van der Waals surface area contributed by atoms with Gasteiger partial charge in [0.25, 0.3) is 16.0 Å². The Morgan fingerprint density at radius 2 is 1.96 bits per heavy atom. The van der Waals surface area contributed by atoms with E-state index in [4.69, 9.17) is 9.90 Å². The van der Waals surface area contributed by atoms with Gasteiger partial charge >= 0.3 is 0 Å². The second kappa shape index (κ2) is 7.91. The number of hydrogen-bond donors (Lipinski definition) is 3. The molecule has 0 saturated carbocycles. The van der Waals surface area contributed by atoms with Gasteiger partial charge in [-0.2, -0.15) is 0 Å². The number of benzene rings is 1. The lowest BCUT2D eigenvalue weighted by Gasteiger charge is -2.07. The van der Waals surface area contributed by atoms with Gasteiger partial charge in [-0.25, -0.2) is 13.4 Å². The average Bonchev–Trinajstić information content (AvgIpc) is 3.34. The van der Waals surface area contributed by atoms with E-state index < -0.39 is 16.0 Å². The van der Waals surface area contributed by atoms with E-state index >= 15 is 0 Å². The van der Waals surface area contributed by atoms with Crippen LogP contribution >= 0.6 is 22.7 Å². The van der Waals surface area contributed by atoms with E-state index in [1.807, 2.05) is 23.6 Å². The SMILES string of the molecule is CC(=O)O.O=S(=O)(Nc1cccc2cc(-c3nccs3)[nH]c12)c1cccs1. The molecule has 0 radical (unpaired) electrons. The van der Waals surface area contributed by atoms with Gasteiger partial charge in [-0.3, -0.25) is 9.52 Å². The molecule has 27 heavy (non-hydrogen) atoms. The molecule has 140 valence electrons. The highest BCUT2D eigenvalue weighted by molar-refractivity contribution is 7.94. The van der Waals surface area contributed by atoms with Crippen molar-refractivity contribution >= 4 is 55.3 Å². The minimum Gasteiger partial charge on any atom is -0.481 e. The molecule has 4 aromatic rings. The first-order valence-electron chi connectivity index (χ1n) is 7.64. The molecular weight excluding hydrogens is 406 g/mol. The summed E-state index contributed by atoms with van der Waals surface area (Å²) in [5.74, 6) is -0.833. The Morgan fingerprint density at radius 3 is 2.59 bits per heavy atom. The summed E-state index contributed by atoms with van der Waals surface area (Å²) in [7, 11) is -3.57. The molecule has 0 aliphatic heterocycles. The zero-order valence-electron chi connectivity index (χ0n) is 14.0. The number of rotatable bonds is 4. The molecule has 7 nitrogen and oxygen atoms in total. The highest BCUT2D eigenvalue weighted by atomic mass is 32.2. The van der Waals surface area contributed by atoms with E-state index in [-0.39, 0.29) is 0 Å². The number of nitrogens with one attached hydrogen (secondary N) is 2. The smallest absolute Gasteiger partial charge is 0.300 e. The molecule has 0 unspecified atom stereocenters. The van der Waals surface area contributed by atoms with Crippen LogP contribution in [-0.2, 0) is 14.8 Å². The molecule has 10 heteroatoms. The Morgan fingerprint density at radius 1 is 1.19 bits per heavy atom. The van der Waals surface area contributed by atoms with Gasteiger partial charge in [0.15, 0.2) is 0 Å². The Labute approximate surface area is 163 Å². The van der Waals surface area contributed by atoms with Gasteiger partial charge in [-0.15, -0.1) is 22.7 Å². The van der Waals surface area contributed by atoms with E-state index in [2.05, 4.69) is 14.7 Å². The van der Waals surface area contributed by atoms with Crippen LogP contribution in [0.4, 0.5) is 5.69 Å². The molecule has 4 rings (SSSR count). The Bertz CT molecular complexity index is 1140. The number of anilines is 1. The van der Waals surface area contributed by atoms with Crippen LogP contribution in [-0.4, -0.2) is 29.5 Å². The van der Waals surface area contributed by atoms with E-state index in [1.165, 1.54) is 22.7 Å². The van der Waals surface area contributed by atoms with Crippen LogP contribution in [0.3, 0.4) is 0 Å². The summed E-state index contributed by atoms with van der Waals surface area (Å²) in [6, 6.07) is 10.8. The molecule has 0 spiro atoms. The third kappa shape index (κ3) is 4.54. The van der Waals surface area contributed by atoms with Gasteiger partial charge in [0.2, 0.25) is 0 Å². The number of carbonyl (C=O) groups is 1. The number of H-pyrrole nitrogens is 1. The topological polar surface area (TPSA) is 112 Å². The molecule has 0 fully saturated rings. The summed E-state index contributed by atoms with van der Waals surface area (Å²) >= 11 is 2.72. The maximum absolute atomic E-state index is 12.4. The maximum Gasteiger partial charge on any atom is 0.300 e. The van der Waals surface area contributed by atoms with Gasteiger partial charge in [-0.1, -0.05) is 18.2 Å². The standard InChI is InChI=1S/C15H11N3O2S3.C2H4O2/c19-23(20,13-5-2-7-21-13)18-11-4-1-3-10-9-12(17-14(10)11)15-16-6-8-22-15;1-2(3)4/h1-9,17-18H;1H3,(H,3,4). The second-order valence-corrected chi connectivity index (χ2v) is 9.10. The van der Waals surface area contributed by atoms with Crippen LogP contribution < -0.4 is 4.72 Å². The van der Waals surface area contributed by atoms with Crippen molar-refractivity contribution in [2.24, 2.45) is 0 Å². The molecule has 1 aromatic carbocycles. The minimum absolute atomic E-state index is 0.293. The fourth-order valence-electron chi connectivity index (χ4n) is 2.32. The quantitative estimate of drug-likeness (QED) is 0.456. The van der Waals surface area contributed by atoms with Crippen LogP contribution in [0, 0.1) is 0 Å². The molecule has 3 N–H and O–H groups in total. The van der Waals surface area contributed by atoms with Crippen molar-refractivity contribution in [2.45, 2.75) is 11.1 Å². The van der Waals surface area contributed by atoms with Crippen LogP contribution in [0.5, 0.6) is 0 Å². The van der Waals surface area contributed by atoms with Gasteiger partial charge in [-0.05, 0) is 23.6 Å². The Kier molecular flexibility index (Phi) is 5.59. The zero-order chi connectivity index (χ0) is 19.4. The summed E-state index contributed by atoms with van der Waals surface area (Å²) in [5.41, 5.74) is 2.15. The number of fused-ring (bicyclic) bond motifs is 1.